The third-order valence-corrected chi connectivity index (χ3v) is 4.64. The molecular formula is C13H20N4O2. The lowest BCUT2D eigenvalue weighted by Gasteiger charge is -2.32. The highest BCUT2D eigenvalue weighted by atomic mass is 16.4. The van der Waals surface area contributed by atoms with E-state index in [9.17, 15) is 9.90 Å². The zero-order chi connectivity index (χ0) is 13.4. The van der Waals surface area contributed by atoms with Gasteiger partial charge in [0.1, 0.15) is 18.2 Å². The molecule has 19 heavy (non-hydrogen) atoms. The minimum atomic E-state index is -0.698. The van der Waals surface area contributed by atoms with Crippen LogP contribution in [0.15, 0.2) is 6.33 Å². The quantitative estimate of drug-likeness (QED) is 0.883. The van der Waals surface area contributed by atoms with Crippen LogP contribution in [0.5, 0.6) is 0 Å². The molecular weight excluding hydrogens is 244 g/mol. The largest absolute Gasteiger partial charge is 0.480 e. The summed E-state index contributed by atoms with van der Waals surface area (Å²) in [6.07, 6.45) is 7.06. The van der Waals surface area contributed by atoms with E-state index in [1.54, 1.807) is 4.68 Å². The maximum absolute atomic E-state index is 11.5. The summed E-state index contributed by atoms with van der Waals surface area (Å²) < 4.78 is 1.73. The van der Waals surface area contributed by atoms with E-state index in [1.165, 1.54) is 25.6 Å². The predicted molar refractivity (Wildman–Crippen MR) is 68.3 cm³/mol. The molecule has 2 heterocycles. The normalized spacial score (nSPS) is 31.3. The summed E-state index contributed by atoms with van der Waals surface area (Å²) in [5, 5.41) is 13.5. The fourth-order valence-corrected chi connectivity index (χ4v) is 3.65. The van der Waals surface area contributed by atoms with Crippen molar-refractivity contribution in [3.8, 4) is 0 Å². The van der Waals surface area contributed by atoms with Crippen LogP contribution >= 0.6 is 0 Å². The molecule has 1 aliphatic heterocycles. The zero-order valence-corrected chi connectivity index (χ0v) is 11.2. The lowest BCUT2D eigenvalue weighted by molar-refractivity contribution is -0.143. The molecule has 0 bridgehead atoms. The van der Waals surface area contributed by atoms with Crippen LogP contribution in [0, 0.1) is 5.92 Å². The number of rotatable bonds is 3. The predicted octanol–water partition coefficient (Wildman–Crippen LogP) is 1.03. The Balaban J connectivity index is 1.82. The van der Waals surface area contributed by atoms with E-state index in [-0.39, 0.29) is 6.04 Å². The lowest BCUT2D eigenvalue weighted by Crippen LogP contribution is -2.42. The molecule has 0 radical (unpaired) electrons. The summed E-state index contributed by atoms with van der Waals surface area (Å²) in [7, 11) is 1.85. The maximum Gasteiger partial charge on any atom is 0.320 e. The molecule has 104 valence electrons. The minimum Gasteiger partial charge on any atom is -0.480 e. The van der Waals surface area contributed by atoms with Gasteiger partial charge < -0.3 is 5.11 Å². The molecule has 1 N–H and O–H groups in total. The standard InChI is InChI=1S/C13H20N4O2/c1-16-12(14-8-15-16)7-17-10-5-3-2-4-9(10)6-11(17)13(18)19/h8-11H,2-7H2,1H3,(H,18,19). The van der Waals surface area contributed by atoms with Gasteiger partial charge in [-0.3, -0.25) is 14.4 Å². The summed E-state index contributed by atoms with van der Waals surface area (Å²) in [5.41, 5.74) is 0. The van der Waals surface area contributed by atoms with Crippen LogP contribution < -0.4 is 0 Å². The number of fused-ring (bicyclic) bond motifs is 1. The number of aromatic nitrogens is 3. The van der Waals surface area contributed by atoms with Crippen LogP contribution in [0.3, 0.4) is 0 Å². The van der Waals surface area contributed by atoms with Gasteiger partial charge in [-0.1, -0.05) is 12.8 Å². The van der Waals surface area contributed by atoms with Crippen LogP contribution in [0.25, 0.3) is 0 Å². The molecule has 3 unspecified atom stereocenters. The molecule has 1 saturated carbocycles. The first kappa shape index (κ1) is 12.6. The number of likely N-dealkylation sites (tertiary alicyclic amines) is 1. The van der Waals surface area contributed by atoms with Gasteiger partial charge in [0, 0.05) is 13.1 Å². The summed E-state index contributed by atoms with van der Waals surface area (Å²) in [5.74, 6) is 0.692. The van der Waals surface area contributed by atoms with Gasteiger partial charge in [-0.15, -0.1) is 0 Å². The first-order valence-electron chi connectivity index (χ1n) is 6.98. The van der Waals surface area contributed by atoms with Crippen LogP contribution in [0.1, 0.15) is 37.9 Å². The third-order valence-electron chi connectivity index (χ3n) is 4.64. The van der Waals surface area contributed by atoms with Crippen molar-refractivity contribution in [3.63, 3.8) is 0 Å². The molecule has 1 aromatic heterocycles. The second-order valence-corrected chi connectivity index (χ2v) is 5.67. The maximum atomic E-state index is 11.5. The fourth-order valence-electron chi connectivity index (χ4n) is 3.65. The molecule has 6 nitrogen and oxygen atoms in total. The highest BCUT2D eigenvalue weighted by molar-refractivity contribution is 5.74. The third kappa shape index (κ3) is 2.25. The van der Waals surface area contributed by atoms with Crippen LogP contribution in [0.4, 0.5) is 0 Å². The Kier molecular flexibility index (Phi) is 3.26. The number of hydrogen-bond acceptors (Lipinski definition) is 4. The van der Waals surface area contributed by atoms with Crippen molar-refractivity contribution in [1.82, 2.24) is 19.7 Å². The van der Waals surface area contributed by atoms with E-state index < -0.39 is 5.97 Å². The van der Waals surface area contributed by atoms with Gasteiger partial charge in [0.2, 0.25) is 0 Å². The highest BCUT2D eigenvalue weighted by Gasteiger charge is 2.45. The second kappa shape index (κ2) is 4.92. The second-order valence-electron chi connectivity index (χ2n) is 5.67. The monoisotopic (exact) mass is 264 g/mol. The lowest BCUT2D eigenvalue weighted by atomic mass is 9.85. The number of aryl methyl sites for hydroxylation is 1. The van der Waals surface area contributed by atoms with Crippen molar-refractivity contribution in [1.29, 1.82) is 0 Å². The molecule has 6 heteroatoms. The van der Waals surface area contributed by atoms with Crippen molar-refractivity contribution < 1.29 is 9.90 Å². The van der Waals surface area contributed by atoms with Gasteiger partial charge in [-0.05, 0) is 25.2 Å². The van der Waals surface area contributed by atoms with Gasteiger partial charge in [-0.2, -0.15) is 5.10 Å². The summed E-state index contributed by atoms with van der Waals surface area (Å²) >= 11 is 0. The van der Waals surface area contributed by atoms with E-state index in [1.807, 2.05) is 7.05 Å². The van der Waals surface area contributed by atoms with Crippen LogP contribution in [-0.4, -0.2) is 42.8 Å². The van der Waals surface area contributed by atoms with Crippen LogP contribution in [0.2, 0.25) is 0 Å². The minimum absolute atomic E-state index is 0.357. The average molecular weight is 264 g/mol. The van der Waals surface area contributed by atoms with E-state index in [4.69, 9.17) is 0 Å². The first-order chi connectivity index (χ1) is 9.16. The smallest absolute Gasteiger partial charge is 0.320 e. The molecule has 1 saturated heterocycles. The molecule has 0 aromatic carbocycles. The Bertz CT molecular complexity index is 473. The Labute approximate surface area is 112 Å². The topological polar surface area (TPSA) is 71.2 Å². The van der Waals surface area contributed by atoms with Crippen molar-refractivity contribution in [2.45, 2.75) is 50.7 Å². The van der Waals surface area contributed by atoms with E-state index >= 15 is 0 Å². The van der Waals surface area contributed by atoms with Gasteiger partial charge in [0.05, 0.1) is 6.54 Å². The van der Waals surface area contributed by atoms with E-state index in [0.717, 1.165) is 18.7 Å². The number of nitrogens with zero attached hydrogens (tertiary/aromatic N) is 4. The fraction of sp³-hybridized carbons (Fsp3) is 0.769. The number of hydrogen-bond donors (Lipinski definition) is 1. The summed E-state index contributed by atoms with van der Waals surface area (Å²) in [6.45, 7) is 0.592. The van der Waals surface area contributed by atoms with E-state index in [0.29, 0.717) is 18.5 Å². The number of carboxylic acids is 1. The Hall–Kier alpha value is -1.43. The van der Waals surface area contributed by atoms with Crippen molar-refractivity contribution in [2.24, 2.45) is 13.0 Å². The average Bonchev–Trinajstić information content (AvgIpc) is 2.95. The number of carbonyl (C=O) groups is 1. The molecule has 0 amide bonds. The number of carboxylic acid groups (broad SMARTS) is 1. The van der Waals surface area contributed by atoms with Gasteiger partial charge in [0.25, 0.3) is 0 Å². The van der Waals surface area contributed by atoms with Crippen molar-refractivity contribution in [2.75, 3.05) is 0 Å². The highest BCUT2D eigenvalue weighted by Crippen LogP contribution is 2.40. The summed E-state index contributed by atoms with van der Waals surface area (Å²) in [6, 6.07) is 0.0522. The Morgan fingerprint density at radius 1 is 1.47 bits per heavy atom. The molecule has 2 fully saturated rings. The SMILES string of the molecule is Cn1ncnc1CN1C(C(=O)O)CC2CCCCC21. The number of aliphatic carboxylic acids is 1. The molecule has 1 aromatic rings. The molecule has 3 atom stereocenters. The van der Waals surface area contributed by atoms with Crippen molar-refractivity contribution >= 4 is 5.97 Å². The first-order valence-corrected chi connectivity index (χ1v) is 6.98. The molecule has 3 rings (SSSR count). The van der Waals surface area contributed by atoms with Crippen molar-refractivity contribution in [3.05, 3.63) is 12.2 Å². The Morgan fingerprint density at radius 3 is 2.95 bits per heavy atom. The molecule has 2 aliphatic rings. The zero-order valence-electron chi connectivity index (χ0n) is 11.2. The van der Waals surface area contributed by atoms with Gasteiger partial charge in [0.15, 0.2) is 0 Å². The summed E-state index contributed by atoms with van der Waals surface area (Å²) in [4.78, 5) is 17.8. The Morgan fingerprint density at radius 2 is 2.26 bits per heavy atom. The van der Waals surface area contributed by atoms with E-state index in [2.05, 4.69) is 15.0 Å². The van der Waals surface area contributed by atoms with Gasteiger partial charge >= 0.3 is 5.97 Å². The molecule has 0 spiro atoms. The van der Waals surface area contributed by atoms with Gasteiger partial charge in [-0.25, -0.2) is 4.98 Å². The molecule has 1 aliphatic carbocycles. The van der Waals surface area contributed by atoms with Crippen LogP contribution in [-0.2, 0) is 18.4 Å².